The number of carbonyl (C=O) groups excluding carboxylic acids is 2. The fraction of sp³-hybridized carbons (Fsp3) is 0.389. The van der Waals surface area contributed by atoms with Crippen LogP contribution in [-0.4, -0.2) is 49.1 Å². The minimum Gasteiger partial charge on any atom is -0.494 e. The molecule has 0 heterocycles. The van der Waals surface area contributed by atoms with Gasteiger partial charge in [-0.05, 0) is 79.2 Å². The van der Waals surface area contributed by atoms with E-state index in [-0.39, 0.29) is 11.3 Å². The zero-order valence-electron chi connectivity index (χ0n) is 26.7. The van der Waals surface area contributed by atoms with E-state index in [1.165, 1.54) is 44.2 Å². The second-order valence-electron chi connectivity index (χ2n) is 11.2. The van der Waals surface area contributed by atoms with Crippen LogP contribution < -0.4 is 9.47 Å². The predicted molar refractivity (Wildman–Crippen MR) is 165 cm³/mol. The Balaban J connectivity index is 1.48. The first-order chi connectivity index (χ1) is 23.5. The number of unbranched alkanes of at least 4 members (excludes halogenated alkanes) is 6. The Morgan fingerprint density at radius 1 is 0.580 bits per heavy atom. The highest BCUT2D eigenvalue weighted by Crippen LogP contribution is 2.53. The number of benzene rings is 3. The van der Waals surface area contributed by atoms with E-state index in [0.717, 1.165) is 48.4 Å². The molecule has 3 aromatic carbocycles. The largest absolute Gasteiger partial charge is 0.494 e. The third-order valence-electron chi connectivity index (χ3n) is 7.24. The summed E-state index contributed by atoms with van der Waals surface area (Å²) in [6.45, 7) is 0.0594. The van der Waals surface area contributed by atoms with Crippen molar-refractivity contribution in [1.82, 2.24) is 0 Å². The second kappa shape index (κ2) is 17.3. The van der Waals surface area contributed by atoms with E-state index in [2.05, 4.69) is 23.5 Å². The van der Waals surface area contributed by atoms with Crippen LogP contribution in [0.25, 0.3) is 0 Å². The van der Waals surface area contributed by atoms with E-state index >= 15 is 0 Å². The number of ether oxygens (including phenoxy) is 3. The Labute approximate surface area is 282 Å². The van der Waals surface area contributed by atoms with E-state index < -0.39 is 48.1 Å². The van der Waals surface area contributed by atoms with Gasteiger partial charge >= 0.3 is 35.9 Å². The highest BCUT2D eigenvalue weighted by molar-refractivity contribution is 5.94. The summed E-state index contributed by atoms with van der Waals surface area (Å²) >= 11 is 0. The molecular weight excluding hydrogens is 683 g/mol. The van der Waals surface area contributed by atoms with Gasteiger partial charge in [0, 0.05) is 11.1 Å². The van der Waals surface area contributed by atoms with Gasteiger partial charge in [-0.15, -0.1) is 0 Å². The third kappa shape index (κ3) is 10.7. The lowest BCUT2D eigenvalue weighted by Crippen LogP contribution is -2.62. The third-order valence-corrected chi connectivity index (χ3v) is 7.24. The monoisotopic (exact) mass is 716 g/mol. The molecule has 270 valence electrons. The molecule has 0 aromatic heterocycles. The Morgan fingerprint density at radius 3 is 1.54 bits per heavy atom. The van der Waals surface area contributed by atoms with E-state index in [9.17, 15) is 49.1 Å². The van der Waals surface area contributed by atoms with Crippen LogP contribution in [0.15, 0.2) is 72.8 Å². The van der Waals surface area contributed by atoms with Crippen LogP contribution in [0, 0.1) is 11.8 Å². The molecule has 3 rings (SSSR count). The first kappa shape index (κ1) is 39.8. The number of carbonyl (C=O) groups is 2. The van der Waals surface area contributed by atoms with Crippen LogP contribution in [0.3, 0.4) is 0 Å². The van der Waals surface area contributed by atoms with Gasteiger partial charge < -0.3 is 14.2 Å². The maximum absolute atomic E-state index is 13.6. The van der Waals surface area contributed by atoms with E-state index in [4.69, 9.17) is 9.47 Å². The van der Waals surface area contributed by atoms with Crippen LogP contribution in [0.5, 0.6) is 11.5 Å². The molecule has 0 radical (unpaired) electrons. The number of rotatable bonds is 16. The summed E-state index contributed by atoms with van der Waals surface area (Å²) in [5.41, 5.74) is 0.613. The molecule has 0 saturated carbocycles. The topological polar surface area (TPSA) is 61.8 Å². The molecular formula is C36H33F9O5. The molecule has 50 heavy (non-hydrogen) atoms. The van der Waals surface area contributed by atoms with Crippen molar-refractivity contribution in [3.05, 3.63) is 95.1 Å². The van der Waals surface area contributed by atoms with Gasteiger partial charge in [-0.1, -0.05) is 57.3 Å². The standard InChI is InChI=1S/C36H33F9O5/c1-2-3-4-5-6-7-8-23-48-29-19-11-25(12-20-29)9-10-26-13-21-30(22-14-26)50-32(47)28-17-15-27(16-18-28)31(46)49-24-33(37,38)34(39,40)35(41,42)36(43,44)45/h11-22H,2-8,23-24H2,1H3. The van der Waals surface area contributed by atoms with Crippen LogP contribution in [0.4, 0.5) is 39.5 Å². The molecule has 0 spiro atoms. The molecule has 3 aromatic rings. The maximum Gasteiger partial charge on any atom is 0.460 e. The SMILES string of the molecule is CCCCCCCCCOc1ccc(C#Cc2ccc(OC(=O)c3ccc(C(=O)OCC(F)(F)C(F)(F)C(F)(F)C(F)(F)F)cc3)cc2)cc1. The lowest BCUT2D eigenvalue weighted by atomic mass is 10.0. The summed E-state index contributed by atoms with van der Waals surface area (Å²) in [4.78, 5) is 24.5. The molecule has 0 atom stereocenters. The summed E-state index contributed by atoms with van der Waals surface area (Å²) in [6.07, 6.45) is 1.38. The van der Waals surface area contributed by atoms with Crippen LogP contribution in [0.1, 0.15) is 83.7 Å². The Hall–Kier alpha value is -4.67. The summed E-state index contributed by atoms with van der Waals surface area (Å²) in [6, 6.07) is 17.1. The van der Waals surface area contributed by atoms with Crippen molar-refractivity contribution in [2.75, 3.05) is 13.2 Å². The van der Waals surface area contributed by atoms with E-state index in [0.29, 0.717) is 12.2 Å². The molecule has 0 aliphatic heterocycles. The highest BCUT2D eigenvalue weighted by Gasteiger charge is 2.82. The van der Waals surface area contributed by atoms with Crippen molar-refractivity contribution in [2.24, 2.45) is 0 Å². The molecule has 0 fully saturated rings. The smallest absolute Gasteiger partial charge is 0.460 e. The average molecular weight is 717 g/mol. The minimum atomic E-state index is -7.11. The Morgan fingerprint density at radius 2 is 1.04 bits per heavy atom. The van der Waals surface area contributed by atoms with Gasteiger partial charge in [-0.3, -0.25) is 0 Å². The van der Waals surface area contributed by atoms with E-state index in [1.807, 2.05) is 24.3 Å². The van der Waals surface area contributed by atoms with Gasteiger partial charge in [0.25, 0.3) is 0 Å². The number of hydrogen-bond donors (Lipinski definition) is 0. The quantitative estimate of drug-likeness (QED) is 0.0486. The van der Waals surface area contributed by atoms with Gasteiger partial charge in [0.15, 0.2) is 6.61 Å². The molecule has 0 N–H and O–H groups in total. The van der Waals surface area contributed by atoms with Gasteiger partial charge in [0.1, 0.15) is 11.5 Å². The maximum atomic E-state index is 13.6. The zero-order valence-corrected chi connectivity index (χ0v) is 26.7. The first-order valence-electron chi connectivity index (χ1n) is 15.5. The second-order valence-corrected chi connectivity index (χ2v) is 11.2. The lowest BCUT2D eigenvalue weighted by molar-refractivity contribution is -0.398. The molecule has 14 heteroatoms. The molecule has 0 saturated heterocycles. The van der Waals surface area contributed by atoms with Gasteiger partial charge in [0.05, 0.1) is 17.7 Å². The number of hydrogen-bond acceptors (Lipinski definition) is 5. The van der Waals surface area contributed by atoms with Crippen molar-refractivity contribution in [3.63, 3.8) is 0 Å². The van der Waals surface area contributed by atoms with Crippen molar-refractivity contribution in [2.45, 2.75) is 75.8 Å². The fourth-order valence-corrected chi connectivity index (χ4v) is 4.28. The van der Waals surface area contributed by atoms with Crippen LogP contribution in [0.2, 0.25) is 0 Å². The molecule has 0 aliphatic rings. The zero-order chi connectivity index (χ0) is 37.0. The van der Waals surface area contributed by atoms with E-state index in [1.54, 1.807) is 12.1 Å². The number of alkyl halides is 9. The summed E-state index contributed by atoms with van der Waals surface area (Å²) in [5.74, 6) is -15.9. The Bertz CT molecular complexity index is 1610. The average Bonchev–Trinajstić information content (AvgIpc) is 3.08. The first-order valence-corrected chi connectivity index (χ1v) is 15.5. The number of halogens is 9. The molecule has 0 aliphatic carbocycles. The normalized spacial score (nSPS) is 12.1. The molecule has 0 amide bonds. The van der Waals surface area contributed by atoms with Crippen LogP contribution >= 0.6 is 0 Å². The van der Waals surface area contributed by atoms with Crippen molar-refractivity contribution in [1.29, 1.82) is 0 Å². The summed E-state index contributed by atoms with van der Waals surface area (Å²) in [5, 5.41) is 0. The minimum absolute atomic E-state index is 0.116. The number of esters is 2. The fourth-order valence-electron chi connectivity index (χ4n) is 4.28. The lowest BCUT2D eigenvalue weighted by Gasteiger charge is -2.33. The predicted octanol–water partition coefficient (Wildman–Crippen LogP) is 10.1. The summed E-state index contributed by atoms with van der Waals surface area (Å²) in [7, 11) is 0. The van der Waals surface area contributed by atoms with Crippen LogP contribution in [-0.2, 0) is 4.74 Å². The molecule has 0 bridgehead atoms. The molecule has 5 nitrogen and oxygen atoms in total. The van der Waals surface area contributed by atoms with Crippen molar-refractivity contribution < 1.29 is 63.3 Å². The van der Waals surface area contributed by atoms with Gasteiger partial charge in [-0.2, -0.15) is 39.5 Å². The highest BCUT2D eigenvalue weighted by atomic mass is 19.4. The molecule has 0 unspecified atom stereocenters. The van der Waals surface area contributed by atoms with Crippen molar-refractivity contribution in [3.8, 4) is 23.3 Å². The van der Waals surface area contributed by atoms with Gasteiger partial charge in [0.2, 0.25) is 0 Å². The van der Waals surface area contributed by atoms with Gasteiger partial charge in [-0.25, -0.2) is 9.59 Å². The summed E-state index contributed by atoms with van der Waals surface area (Å²) < 4.78 is 132. The van der Waals surface area contributed by atoms with Crippen molar-refractivity contribution >= 4 is 11.9 Å². The Kier molecular flexibility index (Phi) is 13.8.